The number of anilines is 2. The standard InChI is InChI=1S/C20H23N3O3/c1-26-19-8-7-17(23-11-9-22(15-24)10-12-23)14-18(19)21-20(25)13-16-5-3-2-4-6-16/h2-8,14-15H,9-13H2,1H3,(H,21,25). The van der Waals surface area contributed by atoms with Crippen LogP contribution in [0.3, 0.4) is 0 Å². The van der Waals surface area contributed by atoms with E-state index in [-0.39, 0.29) is 5.91 Å². The van der Waals surface area contributed by atoms with Gasteiger partial charge in [0.05, 0.1) is 19.2 Å². The molecule has 1 heterocycles. The van der Waals surface area contributed by atoms with Gasteiger partial charge in [-0.1, -0.05) is 30.3 Å². The Bertz CT molecular complexity index is 756. The topological polar surface area (TPSA) is 61.9 Å². The quantitative estimate of drug-likeness (QED) is 0.809. The molecule has 6 heteroatoms. The van der Waals surface area contributed by atoms with Gasteiger partial charge in [0.15, 0.2) is 0 Å². The van der Waals surface area contributed by atoms with Crippen LogP contribution in [0, 0.1) is 0 Å². The highest BCUT2D eigenvalue weighted by Crippen LogP contribution is 2.30. The average Bonchev–Trinajstić information content (AvgIpc) is 2.68. The third kappa shape index (κ3) is 4.33. The van der Waals surface area contributed by atoms with Crippen molar-refractivity contribution in [1.29, 1.82) is 0 Å². The number of carbonyl (C=O) groups is 2. The lowest BCUT2D eigenvalue weighted by Gasteiger charge is -2.34. The second kappa shape index (κ2) is 8.38. The molecular weight excluding hydrogens is 330 g/mol. The number of benzene rings is 2. The van der Waals surface area contributed by atoms with Crippen molar-refractivity contribution in [3.8, 4) is 5.75 Å². The van der Waals surface area contributed by atoms with E-state index in [0.29, 0.717) is 30.9 Å². The van der Waals surface area contributed by atoms with Gasteiger partial charge in [-0.2, -0.15) is 0 Å². The van der Waals surface area contributed by atoms with Crippen molar-refractivity contribution in [2.45, 2.75) is 6.42 Å². The lowest BCUT2D eigenvalue weighted by atomic mass is 10.1. The monoisotopic (exact) mass is 353 g/mol. The van der Waals surface area contributed by atoms with Crippen LogP contribution in [0.2, 0.25) is 0 Å². The smallest absolute Gasteiger partial charge is 0.228 e. The van der Waals surface area contributed by atoms with Crippen molar-refractivity contribution in [2.75, 3.05) is 43.5 Å². The summed E-state index contributed by atoms with van der Waals surface area (Å²) in [5.41, 5.74) is 2.63. The number of hydrogen-bond donors (Lipinski definition) is 1. The number of nitrogens with zero attached hydrogens (tertiary/aromatic N) is 2. The van der Waals surface area contributed by atoms with Crippen LogP contribution in [0.1, 0.15) is 5.56 Å². The van der Waals surface area contributed by atoms with Crippen molar-refractivity contribution >= 4 is 23.7 Å². The number of ether oxygens (including phenoxy) is 1. The van der Waals surface area contributed by atoms with Crippen LogP contribution in [0.25, 0.3) is 0 Å². The minimum atomic E-state index is -0.0857. The van der Waals surface area contributed by atoms with E-state index >= 15 is 0 Å². The zero-order valence-corrected chi connectivity index (χ0v) is 14.9. The first-order chi connectivity index (χ1) is 12.7. The fraction of sp³-hybridized carbons (Fsp3) is 0.300. The SMILES string of the molecule is COc1ccc(N2CCN(C=O)CC2)cc1NC(=O)Cc1ccccc1. The maximum atomic E-state index is 12.4. The Morgan fingerprint density at radius 1 is 1.12 bits per heavy atom. The van der Waals surface area contributed by atoms with Crippen molar-refractivity contribution in [3.05, 3.63) is 54.1 Å². The van der Waals surface area contributed by atoms with Crippen LogP contribution in [0.4, 0.5) is 11.4 Å². The third-order valence-corrected chi connectivity index (χ3v) is 4.49. The van der Waals surface area contributed by atoms with Gasteiger partial charge in [0.25, 0.3) is 0 Å². The molecule has 0 aromatic heterocycles. The minimum Gasteiger partial charge on any atom is -0.495 e. The van der Waals surface area contributed by atoms with Gasteiger partial charge in [-0.05, 0) is 23.8 Å². The summed E-state index contributed by atoms with van der Waals surface area (Å²) in [5.74, 6) is 0.541. The zero-order valence-electron chi connectivity index (χ0n) is 14.9. The van der Waals surface area contributed by atoms with E-state index in [1.165, 1.54) is 0 Å². The highest BCUT2D eigenvalue weighted by molar-refractivity contribution is 5.94. The van der Waals surface area contributed by atoms with E-state index in [9.17, 15) is 9.59 Å². The molecule has 6 nitrogen and oxygen atoms in total. The van der Waals surface area contributed by atoms with Crippen molar-refractivity contribution in [2.24, 2.45) is 0 Å². The summed E-state index contributed by atoms with van der Waals surface area (Å²) in [7, 11) is 1.59. The van der Waals surface area contributed by atoms with Gasteiger partial charge in [0.1, 0.15) is 5.75 Å². The van der Waals surface area contributed by atoms with Crippen molar-refractivity contribution in [1.82, 2.24) is 4.90 Å². The average molecular weight is 353 g/mol. The van der Waals surface area contributed by atoms with E-state index in [2.05, 4.69) is 10.2 Å². The van der Waals surface area contributed by atoms with Gasteiger partial charge in [0, 0.05) is 31.9 Å². The van der Waals surface area contributed by atoms with Gasteiger partial charge < -0.3 is 19.9 Å². The fourth-order valence-electron chi connectivity index (χ4n) is 3.05. The summed E-state index contributed by atoms with van der Waals surface area (Å²) >= 11 is 0. The van der Waals surface area contributed by atoms with Gasteiger partial charge >= 0.3 is 0 Å². The molecule has 2 aromatic carbocycles. The van der Waals surface area contributed by atoms with Crippen molar-refractivity contribution < 1.29 is 14.3 Å². The third-order valence-electron chi connectivity index (χ3n) is 4.49. The van der Waals surface area contributed by atoms with Gasteiger partial charge in [0.2, 0.25) is 12.3 Å². The first kappa shape index (κ1) is 17.8. The Labute approximate surface area is 153 Å². The van der Waals surface area contributed by atoms with Crippen LogP contribution in [-0.4, -0.2) is 50.5 Å². The maximum absolute atomic E-state index is 12.4. The summed E-state index contributed by atoms with van der Waals surface area (Å²) in [6, 6.07) is 15.4. The molecule has 26 heavy (non-hydrogen) atoms. The van der Waals surface area contributed by atoms with E-state index in [0.717, 1.165) is 30.8 Å². The lowest BCUT2D eigenvalue weighted by Crippen LogP contribution is -2.45. The fourth-order valence-corrected chi connectivity index (χ4v) is 3.05. The minimum absolute atomic E-state index is 0.0857. The Balaban J connectivity index is 1.71. The molecule has 0 spiro atoms. The molecule has 0 atom stereocenters. The molecule has 1 N–H and O–H groups in total. The van der Waals surface area contributed by atoms with Crippen LogP contribution in [0.15, 0.2) is 48.5 Å². The van der Waals surface area contributed by atoms with Crippen LogP contribution in [-0.2, 0) is 16.0 Å². The molecule has 1 fully saturated rings. The number of rotatable bonds is 6. The zero-order chi connectivity index (χ0) is 18.4. The molecule has 1 aliphatic rings. The largest absolute Gasteiger partial charge is 0.495 e. The molecule has 0 bridgehead atoms. The summed E-state index contributed by atoms with van der Waals surface area (Å²) in [5, 5.41) is 2.95. The van der Waals surface area contributed by atoms with Crippen LogP contribution < -0.4 is 15.0 Å². The van der Waals surface area contributed by atoms with Crippen LogP contribution >= 0.6 is 0 Å². The van der Waals surface area contributed by atoms with Gasteiger partial charge in [-0.25, -0.2) is 0 Å². The molecule has 1 saturated heterocycles. The molecule has 3 rings (SSSR count). The van der Waals surface area contributed by atoms with Gasteiger partial charge in [-0.3, -0.25) is 9.59 Å². The molecular formula is C20H23N3O3. The van der Waals surface area contributed by atoms with E-state index < -0.39 is 0 Å². The lowest BCUT2D eigenvalue weighted by molar-refractivity contribution is -0.118. The predicted molar refractivity (Wildman–Crippen MR) is 102 cm³/mol. The Morgan fingerprint density at radius 2 is 1.85 bits per heavy atom. The number of amides is 2. The molecule has 2 aromatic rings. The van der Waals surface area contributed by atoms with Crippen molar-refractivity contribution in [3.63, 3.8) is 0 Å². The highest BCUT2D eigenvalue weighted by Gasteiger charge is 2.17. The molecule has 136 valence electrons. The summed E-state index contributed by atoms with van der Waals surface area (Å²) < 4.78 is 5.39. The van der Waals surface area contributed by atoms with Gasteiger partial charge in [-0.15, -0.1) is 0 Å². The maximum Gasteiger partial charge on any atom is 0.228 e. The summed E-state index contributed by atoms with van der Waals surface area (Å²) in [6.07, 6.45) is 1.20. The Morgan fingerprint density at radius 3 is 2.50 bits per heavy atom. The Hall–Kier alpha value is -3.02. The molecule has 1 aliphatic heterocycles. The second-order valence-corrected chi connectivity index (χ2v) is 6.22. The number of hydrogen-bond acceptors (Lipinski definition) is 4. The molecule has 0 aliphatic carbocycles. The number of carbonyl (C=O) groups excluding carboxylic acids is 2. The van der Waals surface area contributed by atoms with E-state index in [4.69, 9.17) is 4.74 Å². The van der Waals surface area contributed by atoms with Crippen LogP contribution in [0.5, 0.6) is 5.75 Å². The molecule has 0 radical (unpaired) electrons. The molecule has 2 amide bonds. The number of methoxy groups -OCH3 is 1. The van der Waals surface area contributed by atoms with E-state index in [1.54, 1.807) is 12.0 Å². The summed E-state index contributed by atoms with van der Waals surface area (Å²) in [4.78, 5) is 27.2. The number of nitrogens with one attached hydrogen (secondary N) is 1. The number of piperazine rings is 1. The Kier molecular flexibility index (Phi) is 5.73. The molecule has 0 unspecified atom stereocenters. The van der Waals surface area contributed by atoms with E-state index in [1.807, 2.05) is 48.5 Å². The summed E-state index contributed by atoms with van der Waals surface area (Å²) in [6.45, 7) is 2.93. The first-order valence-corrected chi connectivity index (χ1v) is 8.65. The molecule has 0 saturated carbocycles. The predicted octanol–water partition coefficient (Wildman–Crippen LogP) is 2.15. The second-order valence-electron chi connectivity index (χ2n) is 6.22. The highest BCUT2D eigenvalue weighted by atomic mass is 16.5. The normalized spacial score (nSPS) is 14.0. The first-order valence-electron chi connectivity index (χ1n) is 8.65.